The van der Waals surface area contributed by atoms with Crippen LogP contribution < -0.4 is 0 Å². The van der Waals surface area contributed by atoms with Crippen molar-refractivity contribution in [1.29, 1.82) is 0 Å². The lowest BCUT2D eigenvalue weighted by Gasteiger charge is -2.48. The van der Waals surface area contributed by atoms with E-state index in [1.54, 1.807) is 43.5 Å². The summed E-state index contributed by atoms with van der Waals surface area (Å²) in [4.78, 5) is 54.5. The highest BCUT2D eigenvalue weighted by molar-refractivity contribution is 5.91. The monoisotopic (exact) mass is 758 g/mol. The van der Waals surface area contributed by atoms with Gasteiger partial charge in [0, 0.05) is 49.6 Å². The van der Waals surface area contributed by atoms with Crippen molar-refractivity contribution in [3.05, 3.63) is 30.1 Å². The van der Waals surface area contributed by atoms with Crippen LogP contribution in [0.15, 0.2) is 29.5 Å². The number of carbonyl (C=O) groups excluding carboxylic acids is 3. The zero-order chi connectivity index (χ0) is 39.7. The molecule has 1 N–H and O–H groups in total. The number of likely N-dealkylation sites (N-methyl/N-ethyl adjacent to an activating group) is 1. The van der Waals surface area contributed by atoms with E-state index in [-0.39, 0.29) is 30.4 Å². The Morgan fingerprint density at radius 3 is 2.48 bits per heavy atom. The normalized spacial score (nSPS) is 40.6. The molecule has 1 aromatic heterocycles. The summed E-state index contributed by atoms with van der Waals surface area (Å²) in [6.07, 6.45) is -0.995. The highest BCUT2D eigenvalue weighted by atomic mass is 16.7. The van der Waals surface area contributed by atoms with Crippen LogP contribution in [0, 0.1) is 23.7 Å². The molecule has 14 atom stereocenters. The Morgan fingerprint density at radius 1 is 1.13 bits per heavy atom. The van der Waals surface area contributed by atoms with Gasteiger partial charge in [0.15, 0.2) is 11.9 Å². The highest BCUT2D eigenvalue weighted by Crippen LogP contribution is 2.44. The molecule has 302 valence electrons. The van der Waals surface area contributed by atoms with E-state index in [4.69, 9.17) is 33.4 Å². The zero-order valence-electron chi connectivity index (χ0n) is 33.9. The summed E-state index contributed by atoms with van der Waals surface area (Å²) in [6, 6.07) is 2.81. The van der Waals surface area contributed by atoms with E-state index >= 15 is 0 Å². The van der Waals surface area contributed by atoms with Gasteiger partial charge in [0.2, 0.25) is 0 Å². The number of carbonyl (C=O) groups is 3. The van der Waals surface area contributed by atoms with Crippen molar-refractivity contribution in [2.24, 2.45) is 28.7 Å². The van der Waals surface area contributed by atoms with Crippen LogP contribution in [-0.4, -0.2) is 138 Å². The molecule has 1 amide bonds. The summed E-state index contributed by atoms with van der Waals surface area (Å²) in [5.41, 5.74) is -0.731. The number of amides is 1. The van der Waals surface area contributed by atoms with Gasteiger partial charge in [-0.1, -0.05) is 33.8 Å². The maximum Gasteiger partial charge on any atom is 0.410 e. The topological polar surface area (TPSA) is 159 Å². The number of hydrogen-bond donors (Lipinski definition) is 1. The number of hydrogen-bond acceptors (Lipinski definition) is 13. The van der Waals surface area contributed by atoms with E-state index in [2.05, 4.69) is 18.8 Å². The maximum atomic E-state index is 14.4. The molecule has 0 spiro atoms. The molecule has 4 aliphatic rings. The Kier molecular flexibility index (Phi) is 13.1. The van der Waals surface area contributed by atoms with Crippen molar-refractivity contribution in [3.8, 4) is 0 Å². The molecule has 14 nitrogen and oxygen atoms in total. The van der Waals surface area contributed by atoms with Crippen molar-refractivity contribution in [2.75, 3.05) is 34.3 Å². The average Bonchev–Trinajstić information content (AvgIpc) is 3.25. The number of nitrogens with zero attached hydrogens (tertiary/aromatic N) is 4. The standard InChI is InChI=1S/C40H62N4O10/c1-12-29-40(8)34-24(4)31(42-16-17-44(34)38(48)54-40)22(2)20-39(7,49-11)35(53-37-32(46)28(43(9)10)18-23(3)50-37)25(5)33(26(6)36(47)51-29)52-30(45)19-27-14-13-15-41-21-27/h13-15,21-26,28-29,32-35,37,46H,12,16-20H2,1-11H3/t22-,23-,24+,25+,26-,28+,29-,32-,33+,34-,35-,37?,39+,40-/m1/s1. The summed E-state index contributed by atoms with van der Waals surface area (Å²) in [6.45, 7) is 16.0. The van der Waals surface area contributed by atoms with E-state index in [1.807, 2.05) is 53.6 Å². The smallest absolute Gasteiger partial charge is 0.410 e. The van der Waals surface area contributed by atoms with Gasteiger partial charge in [-0.15, -0.1) is 0 Å². The Hall–Kier alpha value is -3.17. The molecule has 1 aromatic rings. The number of cyclic esters (lactones) is 1. The van der Waals surface area contributed by atoms with E-state index in [1.165, 1.54) is 0 Å². The van der Waals surface area contributed by atoms with Crippen molar-refractivity contribution < 1.29 is 47.9 Å². The van der Waals surface area contributed by atoms with Gasteiger partial charge in [-0.3, -0.25) is 24.5 Å². The van der Waals surface area contributed by atoms with Crippen LogP contribution >= 0.6 is 0 Å². The van der Waals surface area contributed by atoms with Gasteiger partial charge in [0.1, 0.15) is 18.3 Å². The van der Waals surface area contributed by atoms with E-state index in [9.17, 15) is 19.5 Å². The van der Waals surface area contributed by atoms with Gasteiger partial charge >= 0.3 is 18.0 Å². The fourth-order valence-corrected chi connectivity index (χ4v) is 9.52. The third-order valence-corrected chi connectivity index (χ3v) is 12.3. The van der Waals surface area contributed by atoms with Gasteiger partial charge < -0.3 is 38.4 Å². The number of aliphatic hydroxyl groups is 1. The van der Waals surface area contributed by atoms with Gasteiger partial charge in [-0.25, -0.2) is 4.79 Å². The molecule has 1 unspecified atom stereocenters. The first kappa shape index (κ1) is 42.0. The highest BCUT2D eigenvalue weighted by Gasteiger charge is 2.60. The number of aromatic nitrogens is 1. The first-order valence-corrected chi connectivity index (χ1v) is 19.5. The molecule has 0 aliphatic carbocycles. The fourth-order valence-electron chi connectivity index (χ4n) is 9.52. The summed E-state index contributed by atoms with van der Waals surface area (Å²) < 4.78 is 38.4. The van der Waals surface area contributed by atoms with Gasteiger partial charge in [0.25, 0.3) is 0 Å². The van der Waals surface area contributed by atoms with Crippen LogP contribution in [0.25, 0.3) is 0 Å². The van der Waals surface area contributed by atoms with Crippen LogP contribution in [0.5, 0.6) is 0 Å². The Morgan fingerprint density at radius 2 is 1.85 bits per heavy atom. The summed E-state index contributed by atoms with van der Waals surface area (Å²) >= 11 is 0. The number of aliphatic hydroxyl groups excluding tert-OH is 1. The second kappa shape index (κ2) is 16.9. The number of aliphatic imine (C=N–C) groups is 1. The minimum absolute atomic E-state index is 0.0732. The Bertz CT molecular complexity index is 1510. The molecule has 4 aliphatic heterocycles. The van der Waals surface area contributed by atoms with Gasteiger partial charge in [-0.05, 0) is 78.6 Å². The van der Waals surface area contributed by atoms with Gasteiger partial charge in [-0.2, -0.15) is 0 Å². The fraction of sp³-hybridized carbons (Fsp3) is 0.775. The molecule has 0 saturated carbocycles. The van der Waals surface area contributed by atoms with Crippen molar-refractivity contribution in [3.63, 3.8) is 0 Å². The van der Waals surface area contributed by atoms with E-state index < -0.39 is 77.8 Å². The quantitative estimate of drug-likeness (QED) is 0.300. The SMILES string of the molecule is CC[C@H]1OC(=O)[C@H](C)[C@@H](OC(=O)Cc2cccnc2)[C@H](C)[C@@H](OC2O[C@H](C)C[C@H](N(C)C)[C@H]2O)[C@@](C)(OC)C[C@@H](C)C2=NCCN3C(=O)O[C@@]1(C)[C@H]3[C@H]2C. The third-order valence-electron chi connectivity index (χ3n) is 12.3. The molecule has 3 saturated heterocycles. The molecule has 0 radical (unpaired) electrons. The van der Waals surface area contributed by atoms with Crippen LogP contribution in [0.2, 0.25) is 0 Å². The molecule has 5 heterocycles. The van der Waals surface area contributed by atoms with Crippen molar-refractivity contribution >= 4 is 23.7 Å². The average molecular weight is 759 g/mol. The van der Waals surface area contributed by atoms with Gasteiger partial charge in [0.05, 0.1) is 42.7 Å². The first-order valence-electron chi connectivity index (χ1n) is 19.5. The predicted octanol–water partition coefficient (Wildman–Crippen LogP) is 4.06. The molecular formula is C40H62N4O10. The zero-order valence-corrected chi connectivity index (χ0v) is 33.9. The molecule has 3 fully saturated rings. The number of ether oxygens (including phenoxy) is 6. The summed E-state index contributed by atoms with van der Waals surface area (Å²) in [5.74, 6) is -3.30. The predicted molar refractivity (Wildman–Crippen MR) is 200 cm³/mol. The molecule has 54 heavy (non-hydrogen) atoms. The molecule has 14 heteroatoms. The first-order chi connectivity index (χ1) is 25.4. The summed E-state index contributed by atoms with van der Waals surface area (Å²) in [7, 11) is 5.43. The lowest BCUT2D eigenvalue weighted by atomic mass is 9.72. The number of esters is 2. The number of methoxy groups -OCH3 is 1. The number of pyridine rings is 1. The minimum Gasteiger partial charge on any atom is -0.461 e. The Labute approximate surface area is 320 Å². The largest absolute Gasteiger partial charge is 0.461 e. The van der Waals surface area contributed by atoms with Crippen LogP contribution in [0.1, 0.15) is 80.2 Å². The summed E-state index contributed by atoms with van der Waals surface area (Å²) in [5, 5.41) is 11.7. The maximum absolute atomic E-state index is 14.4. The van der Waals surface area contributed by atoms with Crippen LogP contribution in [-0.2, 0) is 44.4 Å². The molecule has 5 rings (SSSR count). The van der Waals surface area contributed by atoms with E-state index in [0.29, 0.717) is 37.9 Å². The third kappa shape index (κ3) is 8.33. The minimum atomic E-state index is -1.18. The number of rotatable bonds is 8. The lowest BCUT2D eigenvalue weighted by molar-refractivity contribution is -0.301. The lowest BCUT2D eigenvalue weighted by Crippen LogP contribution is -2.61. The number of fused-ring (bicyclic) bond motifs is 1. The van der Waals surface area contributed by atoms with Crippen molar-refractivity contribution in [2.45, 2.75) is 141 Å². The van der Waals surface area contributed by atoms with Crippen LogP contribution in [0.3, 0.4) is 0 Å². The van der Waals surface area contributed by atoms with Crippen LogP contribution in [0.4, 0.5) is 4.79 Å². The molecule has 0 aromatic carbocycles. The second-order valence-electron chi connectivity index (χ2n) is 16.5. The van der Waals surface area contributed by atoms with Crippen molar-refractivity contribution in [1.82, 2.24) is 14.8 Å². The Balaban J connectivity index is 1.63. The molecule has 2 bridgehead atoms. The second-order valence-corrected chi connectivity index (χ2v) is 16.5. The molecular weight excluding hydrogens is 696 g/mol. The van der Waals surface area contributed by atoms with E-state index in [0.717, 1.165) is 5.71 Å².